The molecule has 31 heavy (non-hydrogen) atoms. The minimum absolute atomic E-state index is 0.0202. The van der Waals surface area contributed by atoms with E-state index in [0.717, 1.165) is 35.5 Å². The summed E-state index contributed by atoms with van der Waals surface area (Å²) in [6.07, 6.45) is 9.18. The summed E-state index contributed by atoms with van der Waals surface area (Å²) in [5.41, 5.74) is 1.62. The van der Waals surface area contributed by atoms with E-state index in [-0.39, 0.29) is 11.9 Å². The monoisotopic (exact) mass is 451 g/mol. The Hall–Kier alpha value is -2.64. The summed E-state index contributed by atoms with van der Waals surface area (Å²) in [4.78, 5) is 22.2. The van der Waals surface area contributed by atoms with E-state index in [2.05, 4.69) is 34.6 Å². The first kappa shape index (κ1) is 20.3. The van der Waals surface area contributed by atoms with Crippen molar-refractivity contribution in [2.24, 2.45) is 0 Å². The number of hydrogen-bond donors (Lipinski definition) is 0. The number of thiophene rings is 1. The molecule has 1 amide bonds. The van der Waals surface area contributed by atoms with Crippen molar-refractivity contribution in [2.45, 2.75) is 44.7 Å². The molecule has 0 unspecified atom stereocenters. The molecule has 1 aromatic carbocycles. The van der Waals surface area contributed by atoms with Gasteiger partial charge in [0, 0.05) is 41.7 Å². The number of nitrogens with zero attached hydrogens (tertiary/aromatic N) is 3. The number of ether oxygens (including phenoxy) is 1. The normalized spacial score (nSPS) is 14.3. The number of imidazole rings is 1. The van der Waals surface area contributed by atoms with Crippen molar-refractivity contribution in [1.29, 1.82) is 0 Å². The van der Waals surface area contributed by atoms with Crippen molar-refractivity contribution in [2.75, 3.05) is 6.61 Å². The van der Waals surface area contributed by atoms with Crippen LogP contribution >= 0.6 is 22.7 Å². The molecule has 1 fully saturated rings. The Labute approximate surface area is 189 Å². The van der Waals surface area contributed by atoms with Crippen molar-refractivity contribution in [3.8, 4) is 5.75 Å². The van der Waals surface area contributed by atoms with Crippen molar-refractivity contribution in [3.05, 3.63) is 75.7 Å². The molecule has 160 valence electrons. The molecule has 1 aliphatic carbocycles. The van der Waals surface area contributed by atoms with E-state index in [4.69, 9.17) is 4.74 Å². The number of rotatable bonds is 8. The largest absolute Gasteiger partial charge is 0.493 e. The van der Waals surface area contributed by atoms with Crippen molar-refractivity contribution < 1.29 is 9.53 Å². The summed E-state index contributed by atoms with van der Waals surface area (Å²) in [5, 5.41) is 4.07. The summed E-state index contributed by atoms with van der Waals surface area (Å²) in [5.74, 6) is 0.877. The number of carbonyl (C=O) groups is 1. The molecular weight excluding hydrogens is 426 g/mol. The van der Waals surface area contributed by atoms with E-state index in [0.29, 0.717) is 18.8 Å². The second-order valence-corrected chi connectivity index (χ2v) is 9.82. The summed E-state index contributed by atoms with van der Waals surface area (Å²) in [6.45, 7) is 1.23. The maximum absolute atomic E-state index is 13.4. The fraction of sp³-hybridized carbons (Fsp3) is 0.333. The van der Waals surface area contributed by atoms with Crippen LogP contribution < -0.4 is 4.74 Å². The molecule has 1 aliphatic rings. The molecule has 1 saturated carbocycles. The van der Waals surface area contributed by atoms with Crippen molar-refractivity contribution in [1.82, 2.24) is 14.3 Å². The zero-order valence-corrected chi connectivity index (χ0v) is 18.9. The van der Waals surface area contributed by atoms with Gasteiger partial charge in [-0.05, 0) is 42.0 Å². The molecule has 0 N–H and O–H groups in total. The average molecular weight is 452 g/mol. The Kier molecular flexibility index (Phi) is 6.04. The number of amides is 1. The van der Waals surface area contributed by atoms with Crippen LogP contribution in [0.5, 0.6) is 5.75 Å². The first-order valence-electron chi connectivity index (χ1n) is 10.7. The highest BCUT2D eigenvalue weighted by Gasteiger charge is 2.29. The maximum atomic E-state index is 13.4. The molecular formula is C24H25N3O2S2. The first-order valence-corrected chi connectivity index (χ1v) is 12.5. The number of thiazole rings is 1. The van der Waals surface area contributed by atoms with E-state index in [9.17, 15) is 4.79 Å². The van der Waals surface area contributed by atoms with Gasteiger partial charge in [0.25, 0.3) is 5.91 Å². The van der Waals surface area contributed by atoms with Gasteiger partial charge in [0.1, 0.15) is 11.4 Å². The second-order valence-electron chi connectivity index (χ2n) is 7.92. The number of carbonyl (C=O) groups excluding carboxylic acids is 1. The lowest BCUT2D eigenvalue weighted by Crippen LogP contribution is -2.38. The number of fused-ring (bicyclic) bond motifs is 1. The molecule has 7 heteroatoms. The first-order chi connectivity index (χ1) is 15.3. The van der Waals surface area contributed by atoms with Gasteiger partial charge in [-0.1, -0.05) is 31.0 Å². The lowest BCUT2D eigenvalue weighted by molar-refractivity contribution is 0.0659. The van der Waals surface area contributed by atoms with Gasteiger partial charge in [-0.25, -0.2) is 4.98 Å². The summed E-state index contributed by atoms with van der Waals surface area (Å²) in [7, 11) is 0. The maximum Gasteiger partial charge on any atom is 0.274 e. The number of hydrogen-bond acceptors (Lipinski definition) is 5. The third-order valence-corrected chi connectivity index (χ3v) is 7.49. The molecule has 3 heterocycles. The van der Waals surface area contributed by atoms with Gasteiger partial charge in [0.15, 0.2) is 4.96 Å². The van der Waals surface area contributed by atoms with Crippen LogP contribution in [-0.2, 0) is 13.0 Å². The summed E-state index contributed by atoms with van der Waals surface area (Å²) >= 11 is 3.30. The lowest BCUT2D eigenvalue weighted by atomic mass is 10.1. The van der Waals surface area contributed by atoms with E-state index < -0.39 is 0 Å². The van der Waals surface area contributed by atoms with Gasteiger partial charge in [-0.3, -0.25) is 9.20 Å². The van der Waals surface area contributed by atoms with Gasteiger partial charge in [-0.15, -0.1) is 22.7 Å². The molecule has 0 spiro atoms. The van der Waals surface area contributed by atoms with Crippen LogP contribution in [0.1, 0.15) is 46.6 Å². The highest BCUT2D eigenvalue weighted by Crippen LogP contribution is 2.27. The van der Waals surface area contributed by atoms with Crippen LogP contribution in [0.25, 0.3) is 4.96 Å². The third-order valence-electron chi connectivity index (χ3n) is 5.79. The van der Waals surface area contributed by atoms with Gasteiger partial charge in [-0.2, -0.15) is 0 Å². The van der Waals surface area contributed by atoms with Gasteiger partial charge in [0.05, 0.1) is 6.61 Å². The van der Waals surface area contributed by atoms with Crippen LogP contribution in [0.3, 0.4) is 0 Å². The molecule has 5 rings (SSSR count). The molecule has 3 aromatic heterocycles. The molecule has 0 saturated heterocycles. The zero-order valence-electron chi connectivity index (χ0n) is 17.3. The van der Waals surface area contributed by atoms with Gasteiger partial charge in [0.2, 0.25) is 0 Å². The molecule has 4 aromatic rings. The smallest absolute Gasteiger partial charge is 0.274 e. The van der Waals surface area contributed by atoms with Crippen molar-refractivity contribution >= 4 is 33.5 Å². The summed E-state index contributed by atoms with van der Waals surface area (Å²) < 4.78 is 7.91. The van der Waals surface area contributed by atoms with Crippen LogP contribution in [0.2, 0.25) is 0 Å². The Bertz CT molecular complexity index is 1110. The zero-order chi connectivity index (χ0) is 21.0. The molecule has 0 atom stereocenters. The molecule has 0 radical (unpaired) electrons. The topological polar surface area (TPSA) is 46.8 Å². The van der Waals surface area contributed by atoms with E-state index in [1.165, 1.54) is 17.7 Å². The lowest BCUT2D eigenvalue weighted by Gasteiger charge is -2.28. The highest BCUT2D eigenvalue weighted by molar-refractivity contribution is 7.15. The average Bonchev–Trinajstić information content (AvgIpc) is 3.57. The predicted octanol–water partition coefficient (Wildman–Crippen LogP) is 5.66. The standard InChI is InChI=1S/C24H25N3O2S2/c28-23(22-17-26-11-14-31-24(26)25-22)27(19-6-1-2-7-19)16-18-5-3-8-20(15-18)29-12-10-21-9-4-13-30-21/h3-5,8-9,11,13-15,17,19H,1-2,6-7,10,12,16H2. The molecule has 0 bridgehead atoms. The van der Waals surface area contributed by atoms with Crippen LogP contribution in [-0.4, -0.2) is 32.8 Å². The highest BCUT2D eigenvalue weighted by atomic mass is 32.1. The van der Waals surface area contributed by atoms with Crippen molar-refractivity contribution in [3.63, 3.8) is 0 Å². The van der Waals surface area contributed by atoms with Crippen LogP contribution in [0.4, 0.5) is 0 Å². The Morgan fingerprint density at radius 3 is 2.87 bits per heavy atom. The summed E-state index contributed by atoms with van der Waals surface area (Å²) in [6, 6.07) is 12.6. The molecule has 5 nitrogen and oxygen atoms in total. The number of benzene rings is 1. The molecule has 0 aliphatic heterocycles. The van der Waals surface area contributed by atoms with Gasteiger partial charge < -0.3 is 9.64 Å². The van der Waals surface area contributed by atoms with E-state index in [1.807, 2.05) is 39.2 Å². The Morgan fingerprint density at radius 1 is 1.16 bits per heavy atom. The van der Waals surface area contributed by atoms with E-state index >= 15 is 0 Å². The Balaban J connectivity index is 1.30. The number of aromatic nitrogens is 2. The van der Waals surface area contributed by atoms with E-state index in [1.54, 1.807) is 22.7 Å². The second kappa shape index (κ2) is 9.24. The van der Waals surface area contributed by atoms with Crippen LogP contribution in [0, 0.1) is 0 Å². The minimum Gasteiger partial charge on any atom is -0.493 e. The SMILES string of the molecule is O=C(c1cn2ccsc2n1)N(Cc1cccc(OCCc2cccs2)c1)C1CCCC1. The predicted molar refractivity (Wildman–Crippen MR) is 125 cm³/mol. The van der Waals surface area contributed by atoms with Crippen LogP contribution in [0.15, 0.2) is 59.6 Å². The third kappa shape index (κ3) is 4.67. The van der Waals surface area contributed by atoms with Gasteiger partial charge >= 0.3 is 0 Å². The quantitative estimate of drug-likeness (QED) is 0.347. The minimum atomic E-state index is 0.0202. The fourth-order valence-corrected chi connectivity index (χ4v) is 5.61. The fourth-order valence-electron chi connectivity index (χ4n) is 4.21. The Morgan fingerprint density at radius 2 is 2.06 bits per heavy atom.